The van der Waals surface area contributed by atoms with E-state index in [0.717, 1.165) is 18.3 Å². The SMILES string of the molecule is O=C(Cc1ccc(F)cc1Cl)c1ccc(F)cn1. The van der Waals surface area contributed by atoms with Crippen molar-refractivity contribution in [1.82, 2.24) is 4.98 Å². The van der Waals surface area contributed by atoms with Crippen LogP contribution in [0.2, 0.25) is 5.02 Å². The van der Waals surface area contributed by atoms with E-state index >= 15 is 0 Å². The monoisotopic (exact) mass is 267 g/mol. The van der Waals surface area contributed by atoms with E-state index in [2.05, 4.69) is 4.98 Å². The van der Waals surface area contributed by atoms with E-state index < -0.39 is 11.6 Å². The quantitative estimate of drug-likeness (QED) is 0.798. The number of nitrogens with zero attached hydrogens (tertiary/aromatic N) is 1. The highest BCUT2D eigenvalue weighted by molar-refractivity contribution is 6.31. The van der Waals surface area contributed by atoms with Crippen LogP contribution < -0.4 is 0 Å². The standard InChI is InChI=1S/C13H8ClF2NO/c14-11-6-9(15)2-1-8(11)5-13(18)12-4-3-10(16)7-17-12/h1-4,6-7H,5H2. The fourth-order valence-corrected chi connectivity index (χ4v) is 1.70. The molecule has 0 atom stereocenters. The summed E-state index contributed by atoms with van der Waals surface area (Å²) in [5.74, 6) is -1.27. The Balaban J connectivity index is 2.18. The third kappa shape index (κ3) is 2.90. The molecular formula is C13H8ClF2NO. The highest BCUT2D eigenvalue weighted by atomic mass is 35.5. The van der Waals surface area contributed by atoms with E-state index in [1.165, 1.54) is 18.2 Å². The Kier molecular flexibility index (Phi) is 3.67. The maximum atomic E-state index is 12.8. The highest BCUT2D eigenvalue weighted by Gasteiger charge is 2.11. The lowest BCUT2D eigenvalue weighted by atomic mass is 10.1. The van der Waals surface area contributed by atoms with Gasteiger partial charge in [-0.1, -0.05) is 17.7 Å². The van der Waals surface area contributed by atoms with E-state index in [-0.39, 0.29) is 22.9 Å². The Labute approximate surface area is 107 Å². The molecule has 1 heterocycles. The van der Waals surface area contributed by atoms with Gasteiger partial charge in [-0.25, -0.2) is 8.78 Å². The first-order valence-corrected chi connectivity index (χ1v) is 5.53. The summed E-state index contributed by atoms with van der Waals surface area (Å²) in [4.78, 5) is 15.5. The fraction of sp³-hybridized carbons (Fsp3) is 0.0769. The van der Waals surface area contributed by atoms with Crippen molar-refractivity contribution in [3.8, 4) is 0 Å². The minimum atomic E-state index is -0.508. The van der Waals surface area contributed by atoms with Crippen LogP contribution in [0.1, 0.15) is 16.1 Å². The molecule has 0 fully saturated rings. The Morgan fingerprint density at radius 3 is 2.50 bits per heavy atom. The van der Waals surface area contributed by atoms with Gasteiger partial charge >= 0.3 is 0 Å². The molecule has 0 saturated carbocycles. The summed E-state index contributed by atoms with van der Waals surface area (Å²) in [5.41, 5.74) is 0.658. The lowest BCUT2D eigenvalue weighted by molar-refractivity contribution is 0.0988. The number of aromatic nitrogens is 1. The lowest BCUT2D eigenvalue weighted by Gasteiger charge is -2.03. The second-order valence-electron chi connectivity index (χ2n) is 3.70. The fourth-order valence-electron chi connectivity index (χ4n) is 1.47. The molecule has 0 aliphatic carbocycles. The number of halogens is 3. The van der Waals surface area contributed by atoms with Crippen molar-refractivity contribution in [3.05, 3.63) is 64.4 Å². The minimum Gasteiger partial charge on any atom is -0.292 e. The first kappa shape index (κ1) is 12.6. The molecular weight excluding hydrogens is 260 g/mol. The molecule has 5 heteroatoms. The third-order valence-electron chi connectivity index (χ3n) is 2.38. The van der Waals surface area contributed by atoms with E-state index in [4.69, 9.17) is 11.6 Å². The summed E-state index contributed by atoms with van der Waals surface area (Å²) in [5, 5.41) is 0.186. The molecule has 0 radical (unpaired) electrons. The molecule has 0 N–H and O–H groups in total. The second-order valence-corrected chi connectivity index (χ2v) is 4.10. The molecule has 0 aliphatic heterocycles. The van der Waals surface area contributed by atoms with Crippen molar-refractivity contribution in [2.45, 2.75) is 6.42 Å². The van der Waals surface area contributed by atoms with Gasteiger partial charge in [0.2, 0.25) is 0 Å². The van der Waals surface area contributed by atoms with Crippen molar-refractivity contribution in [2.24, 2.45) is 0 Å². The van der Waals surface area contributed by atoms with Crippen LogP contribution in [0, 0.1) is 11.6 Å². The van der Waals surface area contributed by atoms with Crippen LogP contribution in [-0.4, -0.2) is 10.8 Å². The summed E-state index contributed by atoms with van der Waals surface area (Å²) in [6.45, 7) is 0. The molecule has 0 aliphatic rings. The predicted octanol–water partition coefficient (Wildman–Crippen LogP) is 3.44. The summed E-state index contributed by atoms with van der Waals surface area (Å²) >= 11 is 5.81. The average molecular weight is 268 g/mol. The average Bonchev–Trinajstić information content (AvgIpc) is 2.33. The van der Waals surface area contributed by atoms with Crippen molar-refractivity contribution in [1.29, 1.82) is 0 Å². The van der Waals surface area contributed by atoms with Gasteiger partial charge in [0.05, 0.1) is 6.20 Å². The van der Waals surface area contributed by atoms with E-state index in [0.29, 0.717) is 5.56 Å². The zero-order chi connectivity index (χ0) is 13.1. The Bertz CT molecular complexity index is 584. The zero-order valence-electron chi connectivity index (χ0n) is 9.16. The first-order valence-electron chi connectivity index (χ1n) is 5.15. The Morgan fingerprint density at radius 1 is 1.17 bits per heavy atom. The summed E-state index contributed by atoms with van der Waals surface area (Å²) in [6.07, 6.45) is 0.969. The van der Waals surface area contributed by atoms with Gasteiger partial charge in [-0.15, -0.1) is 0 Å². The van der Waals surface area contributed by atoms with Crippen molar-refractivity contribution in [3.63, 3.8) is 0 Å². The number of benzene rings is 1. The molecule has 18 heavy (non-hydrogen) atoms. The first-order chi connectivity index (χ1) is 8.56. The Morgan fingerprint density at radius 2 is 1.89 bits per heavy atom. The largest absolute Gasteiger partial charge is 0.292 e. The maximum absolute atomic E-state index is 12.8. The van der Waals surface area contributed by atoms with Crippen LogP contribution >= 0.6 is 11.6 Å². The third-order valence-corrected chi connectivity index (χ3v) is 2.73. The second kappa shape index (κ2) is 5.23. The topological polar surface area (TPSA) is 30.0 Å². The number of hydrogen-bond acceptors (Lipinski definition) is 2. The molecule has 0 saturated heterocycles. The molecule has 0 spiro atoms. The summed E-state index contributed by atoms with van der Waals surface area (Å²) in [6, 6.07) is 6.27. The zero-order valence-corrected chi connectivity index (χ0v) is 9.92. The molecule has 2 nitrogen and oxygen atoms in total. The number of carbonyl (C=O) groups is 1. The van der Waals surface area contributed by atoms with Crippen molar-refractivity contribution >= 4 is 17.4 Å². The van der Waals surface area contributed by atoms with Gasteiger partial charge in [-0.05, 0) is 29.8 Å². The predicted molar refractivity (Wildman–Crippen MR) is 63.6 cm³/mol. The van der Waals surface area contributed by atoms with Gasteiger partial charge in [0.25, 0.3) is 0 Å². The molecule has 0 unspecified atom stereocenters. The van der Waals surface area contributed by atoms with E-state index in [1.54, 1.807) is 0 Å². The molecule has 2 rings (SSSR count). The number of carbonyl (C=O) groups excluding carboxylic acids is 1. The van der Waals surface area contributed by atoms with E-state index in [1.807, 2.05) is 0 Å². The molecule has 1 aromatic heterocycles. The number of Topliss-reactive ketones (excluding diaryl/α,β-unsaturated/α-hetero) is 1. The minimum absolute atomic E-state index is 0.00224. The van der Waals surface area contributed by atoms with Crippen LogP contribution in [-0.2, 0) is 6.42 Å². The van der Waals surface area contributed by atoms with Crippen LogP contribution in [0.25, 0.3) is 0 Å². The van der Waals surface area contributed by atoms with Crippen LogP contribution in [0.15, 0.2) is 36.5 Å². The highest BCUT2D eigenvalue weighted by Crippen LogP contribution is 2.19. The van der Waals surface area contributed by atoms with Crippen LogP contribution in [0.5, 0.6) is 0 Å². The van der Waals surface area contributed by atoms with Gasteiger partial charge in [-0.2, -0.15) is 0 Å². The van der Waals surface area contributed by atoms with Crippen LogP contribution in [0.3, 0.4) is 0 Å². The molecule has 1 aromatic carbocycles. The smallest absolute Gasteiger partial charge is 0.185 e. The normalized spacial score (nSPS) is 10.4. The van der Waals surface area contributed by atoms with Crippen molar-refractivity contribution < 1.29 is 13.6 Å². The van der Waals surface area contributed by atoms with Gasteiger partial charge in [0.15, 0.2) is 5.78 Å². The van der Waals surface area contributed by atoms with Crippen LogP contribution in [0.4, 0.5) is 8.78 Å². The number of ketones is 1. The van der Waals surface area contributed by atoms with Gasteiger partial charge in [-0.3, -0.25) is 9.78 Å². The summed E-state index contributed by atoms with van der Waals surface area (Å²) < 4.78 is 25.5. The van der Waals surface area contributed by atoms with Crippen molar-refractivity contribution in [2.75, 3.05) is 0 Å². The summed E-state index contributed by atoms with van der Waals surface area (Å²) in [7, 11) is 0. The number of rotatable bonds is 3. The van der Waals surface area contributed by atoms with Gasteiger partial charge < -0.3 is 0 Å². The number of hydrogen-bond donors (Lipinski definition) is 0. The lowest BCUT2D eigenvalue weighted by Crippen LogP contribution is -2.06. The van der Waals surface area contributed by atoms with Gasteiger partial charge in [0, 0.05) is 11.4 Å². The molecule has 0 amide bonds. The van der Waals surface area contributed by atoms with Gasteiger partial charge in [0.1, 0.15) is 17.3 Å². The maximum Gasteiger partial charge on any atom is 0.185 e. The Hall–Kier alpha value is -1.81. The molecule has 0 bridgehead atoms. The number of pyridine rings is 1. The molecule has 2 aromatic rings. The van der Waals surface area contributed by atoms with E-state index in [9.17, 15) is 13.6 Å². The molecule has 92 valence electrons.